The van der Waals surface area contributed by atoms with Crippen LogP contribution >= 0.6 is 0 Å². The molecule has 178 valence electrons. The van der Waals surface area contributed by atoms with Crippen LogP contribution in [-0.4, -0.2) is 32.6 Å². The van der Waals surface area contributed by atoms with Crippen molar-refractivity contribution in [3.63, 3.8) is 0 Å². The highest BCUT2D eigenvalue weighted by molar-refractivity contribution is 5.95. The maximum absolute atomic E-state index is 12.7. The van der Waals surface area contributed by atoms with Crippen LogP contribution in [0.1, 0.15) is 34.4 Å². The lowest BCUT2D eigenvalue weighted by atomic mass is 10.0. The second-order valence-electron chi connectivity index (χ2n) is 8.30. The van der Waals surface area contributed by atoms with Gasteiger partial charge in [-0.3, -0.25) is 9.78 Å². The number of hydrogen-bond acceptors (Lipinski definition) is 5. The number of methoxy groups -OCH3 is 1. The quantitative estimate of drug-likeness (QED) is 0.346. The van der Waals surface area contributed by atoms with E-state index in [9.17, 15) is 4.79 Å². The molecular formula is C29H25N5O2. The van der Waals surface area contributed by atoms with Gasteiger partial charge in [0.1, 0.15) is 5.75 Å². The lowest BCUT2D eigenvalue weighted by molar-refractivity contribution is 0.0950. The fourth-order valence-electron chi connectivity index (χ4n) is 3.94. The third-order valence-corrected chi connectivity index (χ3v) is 5.86. The summed E-state index contributed by atoms with van der Waals surface area (Å²) in [5.41, 5.74) is 6.06. The topological polar surface area (TPSA) is 81.4 Å². The molecule has 0 bridgehead atoms. The Morgan fingerprint density at radius 2 is 1.83 bits per heavy atom. The minimum absolute atomic E-state index is 0.148. The number of hydrogen-bond donors (Lipinski definition) is 1. The van der Waals surface area contributed by atoms with Crippen LogP contribution in [0.25, 0.3) is 28.4 Å². The molecule has 1 amide bonds. The van der Waals surface area contributed by atoms with Gasteiger partial charge in [-0.15, -0.1) is 5.10 Å². The van der Waals surface area contributed by atoms with E-state index >= 15 is 0 Å². The molecule has 2 aromatic carbocycles. The van der Waals surface area contributed by atoms with Gasteiger partial charge < -0.3 is 10.1 Å². The molecule has 0 aliphatic rings. The summed E-state index contributed by atoms with van der Waals surface area (Å²) >= 11 is 0. The number of fused-ring (bicyclic) bond motifs is 1. The van der Waals surface area contributed by atoms with Crippen LogP contribution < -0.4 is 10.1 Å². The summed E-state index contributed by atoms with van der Waals surface area (Å²) in [5.74, 6) is 1.25. The second kappa shape index (κ2) is 10.2. The Morgan fingerprint density at radius 3 is 2.61 bits per heavy atom. The van der Waals surface area contributed by atoms with Crippen LogP contribution in [0, 0.1) is 0 Å². The second-order valence-corrected chi connectivity index (χ2v) is 8.30. The third kappa shape index (κ3) is 5.00. The summed E-state index contributed by atoms with van der Waals surface area (Å²) in [6, 6.07) is 25.0. The van der Waals surface area contributed by atoms with Crippen molar-refractivity contribution in [1.82, 2.24) is 24.9 Å². The molecule has 0 fully saturated rings. The van der Waals surface area contributed by atoms with E-state index in [1.807, 2.05) is 92.0 Å². The number of nitrogens with one attached hydrogen (secondary N) is 1. The van der Waals surface area contributed by atoms with Gasteiger partial charge in [0.05, 0.1) is 19.3 Å². The Bertz CT molecular complexity index is 1540. The molecule has 0 atom stereocenters. The van der Waals surface area contributed by atoms with Gasteiger partial charge in [-0.2, -0.15) is 0 Å². The minimum atomic E-state index is -0.148. The number of pyridine rings is 2. The fraction of sp³-hybridized carbons (Fsp3) is 0.103. The van der Waals surface area contributed by atoms with E-state index in [0.29, 0.717) is 17.9 Å². The average molecular weight is 476 g/mol. The van der Waals surface area contributed by atoms with Gasteiger partial charge in [-0.25, -0.2) is 9.50 Å². The van der Waals surface area contributed by atoms with Crippen molar-refractivity contribution < 1.29 is 9.53 Å². The van der Waals surface area contributed by atoms with E-state index in [4.69, 9.17) is 9.72 Å². The SMILES string of the molecule is COc1ccc(-c2cccn3nc(/C=C(/C)c4cccc(C(=O)NCc5ccccn5)c4)nc23)cc1. The van der Waals surface area contributed by atoms with E-state index in [1.54, 1.807) is 23.9 Å². The predicted octanol–water partition coefficient (Wildman–Crippen LogP) is 5.29. The van der Waals surface area contributed by atoms with E-state index in [2.05, 4.69) is 15.4 Å². The van der Waals surface area contributed by atoms with Crippen LogP contribution in [0.3, 0.4) is 0 Å². The van der Waals surface area contributed by atoms with Crippen molar-refractivity contribution in [1.29, 1.82) is 0 Å². The summed E-state index contributed by atoms with van der Waals surface area (Å²) in [5, 5.41) is 7.56. The zero-order valence-electron chi connectivity index (χ0n) is 20.1. The van der Waals surface area contributed by atoms with Gasteiger partial charge in [0.15, 0.2) is 11.5 Å². The maximum Gasteiger partial charge on any atom is 0.251 e. The summed E-state index contributed by atoms with van der Waals surface area (Å²) < 4.78 is 7.05. The van der Waals surface area contributed by atoms with Gasteiger partial charge in [-0.1, -0.05) is 30.3 Å². The molecule has 7 nitrogen and oxygen atoms in total. The molecule has 0 spiro atoms. The van der Waals surface area contributed by atoms with E-state index in [1.165, 1.54) is 0 Å². The Kier molecular flexibility index (Phi) is 6.53. The van der Waals surface area contributed by atoms with Gasteiger partial charge in [-0.05, 0) is 78.2 Å². The maximum atomic E-state index is 12.7. The van der Waals surface area contributed by atoms with Crippen molar-refractivity contribution >= 4 is 23.2 Å². The highest BCUT2D eigenvalue weighted by Crippen LogP contribution is 2.26. The number of nitrogens with zero attached hydrogens (tertiary/aromatic N) is 4. The molecule has 5 rings (SSSR count). The molecule has 0 unspecified atom stereocenters. The van der Waals surface area contributed by atoms with E-state index in [-0.39, 0.29) is 5.91 Å². The molecule has 0 radical (unpaired) electrons. The third-order valence-electron chi connectivity index (χ3n) is 5.86. The summed E-state index contributed by atoms with van der Waals surface area (Å²) in [4.78, 5) is 21.7. The first-order valence-corrected chi connectivity index (χ1v) is 11.6. The van der Waals surface area contributed by atoms with Crippen LogP contribution in [0.15, 0.2) is 91.3 Å². The van der Waals surface area contributed by atoms with Crippen LogP contribution in [0.4, 0.5) is 0 Å². The van der Waals surface area contributed by atoms with Gasteiger partial charge in [0.2, 0.25) is 0 Å². The Balaban J connectivity index is 1.38. The number of allylic oxidation sites excluding steroid dienone is 1. The number of amides is 1. The van der Waals surface area contributed by atoms with Crippen molar-refractivity contribution in [3.05, 3.63) is 114 Å². The molecule has 0 saturated heterocycles. The molecule has 0 aliphatic carbocycles. The number of carbonyl (C=O) groups is 1. The summed E-state index contributed by atoms with van der Waals surface area (Å²) in [6.07, 6.45) is 5.52. The summed E-state index contributed by atoms with van der Waals surface area (Å²) in [7, 11) is 1.65. The molecule has 0 aliphatic heterocycles. The van der Waals surface area contributed by atoms with Gasteiger partial charge in [0.25, 0.3) is 5.91 Å². The van der Waals surface area contributed by atoms with Crippen molar-refractivity contribution in [2.75, 3.05) is 7.11 Å². The number of ether oxygens (including phenoxy) is 1. The first-order valence-electron chi connectivity index (χ1n) is 11.6. The smallest absolute Gasteiger partial charge is 0.251 e. The van der Waals surface area contributed by atoms with Crippen molar-refractivity contribution in [2.24, 2.45) is 0 Å². The summed E-state index contributed by atoms with van der Waals surface area (Å²) in [6.45, 7) is 2.36. The van der Waals surface area contributed by atoms with Crippen molar-refractivity contribution in [2.45, 2.75) is 13.5 Å². The lowest BCUT2D eigenvalue weighted by Crippen LogP contribution is -2.23. The molecule has 1 N–H and O–H groups in total. The fourth-order valence-corrected chi connectivity index (χ4v) is 3.94. The largest absolute Gasteiger partial charge is 0.497 e. The molecule has 36 heavy (non-hydrogen) atoms. The van der Waals surface area contributed by atoms with E-state index in [0.717, 1.165) is 39.4 Å². The zero-order chi connectivity index (χ0) is 24.9. The highest BCUT2D eigenvalue weighted by atomic mass is 16.5. The Hall–Kier alpha value is -4.78. The number of carbonyl (C=O) groups excluding carboxylic acids is 1. The Labute approximate surface area is 209 Å². The van der Waals surface area contributed by atoms with Gasteiger partial charge >= 0.3 is 0 Å². The molecule has 3 heterocycles. The monoisotopic (exact) mass is 475 g/mol. The Morgan fingerprint density at radius 1 is 1.00 bits per heavy atom. The van der Waals surface area contributed by atoms with Crippen LogP contribution in [-0.2, 0) is 6.54 Å². The highest BCUT2D eigenvalue weighted by Gasteiger charge is 2.11. The average Bonchev–Trinajstić information content (AvgIpc) is 3.35. The molecule has 0 saturated carbocycles. The zero-order valence-corrected chi connectivity index (χ0v) is 20.1. The molecular weight excluding hydrogens is 450 g/mol. The first kappa shape index (κ1) is 23.0. The molecule has 7 heteroatoms. The van der Waals surface area contributed by atoms with E-state index < -0.39 is 0 Å². The molecule has 5 aromatic rings. The van der Waals surface area contributed by atoms with Crippen LogP contribution in [0.2, 0.25) is 0 Å². The number of benzene rings is 2. The number of aromatic nitrogens is 4. The first-order chi connectivity index (χ1) is 17.6. The molecule has 3 aromatic heterocycles. The van der Waals surface area contributed by atoms with Gasteiger partial charge in [0, 0.05) is 23.5 Å². The standard InChI is InChI=1S/C29H25N5O2/c1-20(22-7-5-8-23(18-22)29(35)31-19-24-9-3-4-15-30-24)17-27-32-28-26(10-6-16-34(28)33-27)21-11-13-25(36-2)14-12-21/h3-18H,19H2,1-2H3,(H,31,35)/b20-17-. The lowest BCUT2D eigenvalue weighted by Gasteiger charge is -2.07. The minimum Gasteiger partial charge on any atom is -0.497 e. The number of rotatable bonds is 7. The van der Waals surface area contributed by atoms with Crippen molar-refractivity contribution in [3.8, 4) is 16.9 Å². The predicted molar refractivity (Wildman–Crippen MR) is 140 cm³/mol. The van der Waals surface area contributed by atoms with Crippen LogP contribution in [0.5, 0.6) is 5.75 Å². The normalized spacial score (nSPS) is 11.4.